The SMILES string of the molecule is CC(C(=O)SCC(F)(F)F)=c1ccc(=C([O-])c2cccs2)cc1. The summed E-state index contributed by atoms with van der Waals surface area (Å²) >= 11 is 1.56. The van der Waals surface area contributed by atoms with Gasteiger partial charge in [-0.15, -0.1) is 11.3 Å². The molecule has 0 atom stereocenters. The summed E-state index contributed by atoms with van der Waals surface area (Å²) in [6.45, 7) is 1.47. The first-order valence-electron chi connectivity index (χ1n) is 6.54. The van der Waals surface area contributed by atoms with Gasteiger partial charge < -0.3 is 5.11 Å². The van der Waals surface area contributed by atoms with Crippen molar-refractivity contribution in [2.24, 2.45) is 0 Å². The van der Waals surface area contributed by atoms with Crippen LogP contribution in [0.1, 0.15) is 11.8 Å². The lowest BCUT2D eigenvalue weighted by atomic mass is 10.1. The number of rotatable bonds is 3. The first-order chi connectivity index (χ1) is 10.8. The van der Waals surface area contributed by atoms with E-state index >= 15 is 0 Å². The van der Waals surface area contributed by atoms with Crippen molar-refractivity contribution in [2.75, 3.05) is 5.75 Å². The first-order valence-corrected chi connectivity index (χ1v) is 8.40. The lowest BCUT2D eigenvalue weighted by Crippen LogP contribution is -2.20. The third-order valence-electron chi connectivity index (χ3n) is 3.00. The van der Waals surface area contributed by atoms with Crippen molar-refractivity contribution < 1.29 is 23.1 Å². The topological polar surface area (TPSA) is 40.1 Å². The van der Waals surface area contributed by atoms with Crippen LogP contribution in [-0.4, -0.2) is 17.0 Å². The van der Waals surface area contributed by atoms with Crippen molar-refractivity contribution in [3.63, 3.8) is 0 Å². The molecule has 2 nitrogen and oxygen atoms in total. The predicted molar refractivity (Wildman–Crippen MR) is 85.1 cm³/mol. The van der Waals surface area contributed by atoms with Gasteiger partial charge in [0.2, 0.25) is 5.12 Å². The molecule has 0 radical (unpaired) electrons. The number of carbonyl (C=O) groups is 1. The highest BCUT2D eigenvalue weighted by Gasteiger charge is 2.28. The van der Waals surface area contributed by atoms with Crippen LogP contribution in [0.15, 0.2) is 41.8 Å². The van der Waals surface area contributed by atoms with Crippen LogP contribution in [0.4, 0.5) is 13.2 Å². The Kier molecular flexibility index (Phi) is 5.54. The van der Waals surface area contributed by atoms with E-state index in [-0.39, 0.29) is 23.1 Å². The van der Waals surface area contributed by atoms with Crippen LogP contribution in [-0.2, 0) is 4.79 Å². The molecule has 0 aliphatic rings. The van der Waals surface area contributed by atoms with Crippen molar-refractivity contribution in [1.29, 1.82) is 0 Å². The van der Waals surface area contributed by atoms with E-state index in [1.807, 2.05) is 0 Å². The maximum absolute atomic E-state index is 12.1. The quantitative estimate of drug-likeness (QED) is 0.846. The predicted octanol–water partition coefficient (Wildman–Crippen LogP) is 2.26. The van der Waals surface area contributed by atoms with Gasteiger partial charge in [-0.05, 0) is 28.8 Å². The molecule has 1 aromatic heterocycles. The summed E-state index contributed by atoms with van der Waals surface area (Å²) in [5.41, 5.74) is 0.231. The highest BCUT2D eigenvalue weighted by molar-refractivity contribution is 8.14. The largest absolute Gasteiger partial charge is 0.871 e. The number of benzene rings is 1. The number of carbonyl (C=O) groups excluding carboxylic acids is 1. The van der Waals surface area contributed by atoms with E-state index in [0.29, 0.717) is 15.3 Å². The average molecular weight is 357 g/mol. The second-order valence-electron chi connectivity index (χ2n) is 4.70. The Hall–Kier alpha value is -1.73. The molecule has 1 heterocycles. The molecule has 0 aliphatic carbocycles. The third kappa shape index (κ3) is 4.87. The van der Waals surface area contributed by atoms with Crippen LogP contribution >= 0.6 is 23.1 Å². The van der Waals surface area contributed by atoms with Crippen molar-refractivity contribution >= 4 is 39.5 Å². The van der Waals surface area contributed by atoms with Crippen molar-refractivity contribution in [3.05, 3.63) is 57.1 Å². The molecule has 0 aliphatic heterocycles. The van der Waals surface area contributed by atoms with Crippen LogP contribution in [0.2, 0.25) is 0 Å². The molecule has 0 saturated heterocycles. The minimum atomic E-state index is -4.38. The number of hydrogen-bond donors (Lipinski definition) is 0. The fourth-order valence-electron chi connectivity index (χ4n) is 1.80. The van der Waals surface area contributed by atoms with E-state index in [0.717, 1.165) is 0 Å². The molecular formula is C16H12F3O2S2-. The van der Waals surface area contributed by atoms with Gasteiger partial charge >= 0.3 is 6.18 Å². The van der Waals surface area contributed by atoms with Gasteiger partial charge in [-0.1, -0.05) is 47.9 Å². The summed E-state index contributed by atoms with van der Waals surface area (Å²) in [6, 6.07) is 9.78. The average Bonchev–Trinajstić information content (AvgIpc) is 3.05. The Bertz CT molecular complexity index is 785. The minimum Gasteiger partial charge on any atom is -0.871 e. The van der Waals surface area contributed by atoms with Crippen LogP contribution in [0, 0.1) is 0 Å². The lowest BCUT2D eigenvalue weighted by Gasteiger charge is -2.09. The molecule has 2 aromatic rings. The highest BCUT2D eigenvalue weighted by atomic mass is 32.2. The monoisotopic (exact) mass is 357 g/mol. The molecule has 0 unspecified atom stereocenters. The van der Waals surface area contributed by atoms with Gasteiger partial charge in [-0.2, -0.15) is 13.2 Å². The fraction of sp³-hybridized carbons (Fsp3) is 0.188. The van der Waals surface area contributed by atoms with E-state index in [1.54, 1.807) is 41.8 Å². The molecule has 1 aromatic carbocycles. The molecule has 2 rings (SSSR count). The van der Waals surface area contributed by atoms with Crippen molar-refractivity contribution in [2.45, 2.75) is 13.1 Å². The maximum Gasteiger partial charge on any atom is 0.398 e. The fourth-order valence-corrected chi connectivity index (χ4v) is 3.11. The molecule has 122 valence electrons. The zero-order valence-corrected chi connectivity index (χ0v) is 13.6. The van der Waals surface area contributed by atoms with Gasteiger partial charge in [0.15, 0.2) is 0 Å². The maximum atomic E-state index is 12.1. The first kappa shape index (κ1) is 17.6. The highest BCUT2D eigenvalue weighted by Crippen LogP contribution is 2.23. The molecule has 23 heavy (non-hydrogen) atoms. The number of alkyl halides is 3. The van der Waals surface area contributed by atoms with Gasteiger partial charge in [0.05, 0.1) is 5.75 Å². The number of thioether (sulfide) groups is 1. The van der Waals surface area contributed by atoms with Gasteiger partial charge in [0.1, 0.15) is 0 Å². The van der Waals surface area contributed by atoms with Gasteiger partial charge in [0, 0.05) is 10.5 Å². The summed E-state index contributed by atoms with van der Waals surface area (Å²) in [6.07, 6.45) is -4.38. The number of thiophene rings is 1. The molecule has 0 bridgehead atoms. The zero-order valence-electron chi connectivity index (χ0n) is 12.0. The number of hydrogen-bond acceptors (Lipinski definition) is 4. The summed E-state index contributed by atoms with van der Waals surface area (Å²) < 4.78 is 36.4. The minimum absolute atomic E-state index is 0.123. The summed E-state index contributed by atoms with van der Waals surface area (Å²) in [4.78, 5) is 12.4. The van der Waals surface area contributed by atoms with Crippen LogP contribution in [0.5, 0.6) is 0 Å². The molecule has 7 heteroatoms. The second-order valence-corrected chi connectivity index (χ2v) is 6.60. The molecule has 0 N–H and O–H groups in total. The van der Waals surface area contributed by atoms with E-state index < -0.39 is 17.0 Å². The third-order valence-corrected chi connectivity index (χ3v) is 4.91. The van der Waals surface area contributed by atoms with Gasteiger partial charge in [0.25, 0.3) is 0 Å². The Morgan fingerprint density at radius 3 is 2.30 bits per heavy atom. The van der Waals surface area contributed by atoms with E-state index in [1.165, 1.54) is 18.3 Å². The summed E-state index contributed by atoms with van der Waals surface area (Å²) in [7, 11) is 0. The zero-order chi connectivity index (χ0) is 17.0. The lowest BCUT2D eigenvalue weighted by molar-refractivity contribution is -0.244. The Labute approximate surface area is 139 Å². The van der Waals surface area contributed by atoms with Crippen molar-refractivity contribution in [1.82, 2.24) is 0 Å². The van der Waals surface area contributed by atoms with E-state index in [9.17, 15) is 23.1 Å². The standard InChI is InChI=1S/C16H13F3O2S2/c1-10(15(21)23-9-16(17,18)19)11-4-6-12(7-5-11)14(20)13-3-2-8-22-13/h2-8,20H,9H2,1H3/p-1. The Balaban J connectivity index is 2.27. The molecule has 0 fully saturated rings. The van der Waals surface area contributed by atoms with E-state index in [4.69, 9.17) is 0 Å². The van der Waals surface area contributed by atoms with Crippen LogP contribution in [0.3, 0.4) is 0 Å². The molecular weight excluding hydrogens is 345 g/mol. The molecule has 0 saturated carbocycles. The van der Waals surface area contributed by atoms with E-state index in [2.05, 4.69) is 0 Å². The normalized spacial score (nSPS) is 11.3. The van der Waals surface area contributed by atoms with Crippen LogP contribution in [0.25, 0.3) is 11.3 Å². The van der Waals surface area contributed by atoms with Crippen LogP contribution < -0.4 is 15.5 Å². The van der Waals surface area contributed by atoms with Gasteiger partial charge in [-0.3, -0.25) is 4.79 Å². The summed E-state index contributed by atoms with van der Waals surface area (Å²) in [5, 5.41) is 14.3. The second kappa shape index (κ2) is 7.23. The summed E-state index contributed by atoms with van der Waals surface area (Å²) in [5.74, 6) is -1.33. The van der Waals surface area contributed by atoms with Crippen molar-refractivity contribution in [3.8, 4) is 0 Å². The van der Waals surface area contributed by atoms with Gasteiger partial charge in [-0.25, -0.2) is 0 Å². The Morgan fingerprint density at radius 2 is 1.78 bits per heavy atom. The number of halogens is 3. The molecule has 0 amide bonds. The molecule has 0 spiro atoms. The Morgan fingerprint density at radius 1 is 1.17 bits per heavy atom. The smallest absolute Gasteiger partial charge is 0.398 e.